The average molecular weight is 144 g/mol. The number of fused-ring (bicyclic) bond motifs is 1. The summed E-state index contributed by atoms with van der Waals surface area (Å²) in [5.74, 6) is 0.378. The molecule has 1 aliphatic heterocycles. The SMILES string of the molecule is Cc1ccc2c(c1)C(=N)N=C2. The normalized spacial score (nSPS) is 13.7. The van der Waals surface area contributed by atoms with Crippen molar-refractivity contribution in [2.24, 2.45) is 4.99 Å². The molecule has 0 bridgehead atoms. The van der Waals surface area contributed by atoms with Gasteiger partial charge >= 0.3 is 0 Å². The molecular weight excluding hydrogens is 136 g/mol. The highest BCUT2D eigenvalue weighted by Crippen LogP contribution is 2.15. The minimum atomic E-state index is 0.378. The zero-order valence-corrected chi connectivity index (χ0v) is 6.26. The Morgan fingerprint density at radius 2 is 2.18 bits per heavy atom. The van der Waals surface area contributed by atoms with Gasteiger partial charge in [0.25, 0.3) is 0 Å². The van der Waals surface area contributed by atoms with Crippen LogP contribution in [0.3, 0.4) is 0 Å². The minimum absolute atomic E-state index is 0.378. The molecule has 0 unspecified atom stereocenters. The maximum Gasteiger partial charge on any atom is 0.152 e. The zero-order valence-electron chi connectivity index (χ0n) is 6.26. The Bertz CT molecular complexity index is 351. The van der Waals surface area contributed by atoms with E-state index in [1.807, 2.05) is 25.1 Å². The molecule has 2 nitrogen and oxygen atoms in total. The summed E-state index contributed by atoms with van der Waals surface area (Å²) >= 11 is 0. The molecule has 0 aromatic heterocycles. The number of nitrogens with zero attached hydrogens (tertiary/aromatic N) is 1. The van der Waals surface area contributed by atoms with Crippen LogP contribution < -0.4 is 0 Å². The molecule has 0 saturated heterocycles. The Labute approximate surface area is 65.1 Å². The van der Waals surface area contributed by atoms with Gasteiger partial charge in [0, 0.05) is 17.3 Å². The van der Waals surface area contributed by atoms with Crippen molar-refractivity contribution < 1.29 is 0 Å². The molecule has 0 spiro atoms. The van der Waals surface area contributed by atoms with Crippen molar-refractivity contribution >= 4 is 12.1 Å². The lowest BCUT2D eigenvalue weighted by atomic mass is 10.1. The second-order valence-corrected chi connectivity index (χ2v) is 2.70. The summed E-state index contributed by atoms with van der Waals surface area (Å²) in [5.41, 5.74) is 3.18. The summed E-state index contributed by atoms with van der Waals surface area (Å²) in [6, 6.07) is 6.02. The van der Waals surface area contributed by atoms with Gasteiger partial charge in [-0.05, 0) is 13.0 Å². The fraction of sp³-hybridized carbons (Fsp3) is 0.111. The molecule has 1 aromatic rings. The molecule has 0 fully saturated rings. The van der Waals surface area contributed by atoms with Crippen LogP contribution in [0.5, 0.6) is 0 Å². The quantitative estimate of drug-likeness (QED) is 0.576. The molecule has 0 radical (unpaired) electrons. The second kappa shape index (κ2) is 2.02. The topological polar surface area (TPSA) is 36.2 Å². The van der Waals surface area contributed by atoms with Crippen molar-refractivity contribution in [2.75, 3.05) is 0 Å². The second-order valence-electron chi connectivity index (χ2n) is 2.70. The van der Waals surface area contributed by atoms with Gasteiger partial charge < -0.3 is 0 Å². The molecule has 0 aliphatic carbocycles. The minimum Gasteiger partial charge on any atom is -0.282 e. The molecule has 0 amide bonds. The van der Waals surface area contributed by atoms with Gasteiger partial charge in [0.2, 0.25) is 0 Å². The molecule has 0 saturated carbocycles. The van der Waals surface area contributed by atoms with E-state index in [1.165, 1.54) is 5.56 Å². The van der Waals surface area contributed by atoms with E-state index in [2.05, 4.69) is 4.99 Å². The smallest absolute Gasteiger partial charge is 0.152 e. The first-order chi connectivity index (χ1) is 5.27. The van der Waals surface area contributed by atoms with Gasteiger partial charge in [-0.25, -0.2) is 4.99 Å². The number of amidine groups is 1. The van der Waals surface area contributed by atoms with E-state index in [1.54, 1.807) is 6.21 Å². The fourth-order valence-corrected chi connectivity index (χ4v) is 1.19. The first-order valence-electron chi connectivity index (χ1n) is 3.51. The first-order valence-corrected chi connectivity index (χ1v) is 3.51. The van der Waals surface area contributed by atoms with E-state index < -0.39 is 0 Å². The monoisotopic (exact) mass is 144 g/mol. The van der Waals surface area contributed by atoms with Gasteiger partial charge in [-0.2, -0.15) is 0 Å². The molecule has 11 heavy (non-hydrogen) atoms. The van der Waals surface area contributed by atoms with Crippen LogP contribution in [-0.2, 0) is 0 Å². The lowest BCUT2D eigenvalue weighted by Crippen LogP contribution is -1.91. The summed E-state index contributed by atoms with van der Waals surface area (Å²) in [5, 5.41) is 7.43. The van der Waals surface area contributed by atoms with Gasteiger partial charge in [-0.3, -0.25) is 5.41 Å². The molecule has 1 N–H and O–H groups in total. The standard InChI is InChI=1S/C9H8N2/c1-6-2-3-7-5-11-9(10)8(7)4-6/h2-5,10H,1H3. The average Bonchev–Trinajstić information content (AvgIpc) is 2.33. The number of aryl methyl sites for hydroxylation is 1. The highest BCUT2D eigenvalue weighted by molar-refractivity contribution is 6.14. The zero-order chi connectivity index (χ0) is 7.84. The molecule has 0 atom stereocenters. The first kappa shape index (κ1) is 6.28. The third-order valence-electron chi connectivity index (χ3n) is 1.80. The van der Waals surface area contributed by atoms with Crippen LogP contribution in [0.25, 0.3) is 0 Å². The van der Waals surface area contributed by atoms with Crippen molar-refractivity contribution in [1.82, 2.24) is 0 Å². The molecule has 1 heterocycles. The maximum atomic E-state index is 7.43. The Morgan fingerprint density at radius 3 is 3.00 bits per heavy atom. The van der Waals surface area contributed by atoms with Gasteiger partial charge in [0.05, 0.1) is 0 Å². The number of benzene rings is 1. The van der Waals surface area contributed by atoms with Crippen molar-refractivity contribution in [1.29, 1.82) is 5.41 Å². The largest absolute Gasteiger partial charge is 0.282 e. The van der Waals surface area contributed by atoms with Gasteiger partial charge in [0.15, 0.2) is 5.84 Å². The van der Waals surface area contributed by atoms with Crippen LogP contribution in [0.2, 0.25) is 0 Å². The van der Waals surface area contributed by atoms with Crippen LogP contribution in [-0.4, -0.2) is 12.1 Å². The van der Waals surface area contributed by atoms with Gasteiger partial charge in [-0.1, -0.05) is 17.7 Å². The molecule has 2 rings (SSSR count). The van der Waals surface area contributed by atoms with E-state index in [0.717, 1.165) is 11.1 Å². The van der Waals surface area contributed by atoms with Crippen LogP contribution in [0.4, 0.5) is 0 Å². The summed E-state index contributed by atoms with van der Waals surface area (Å²) < 4.78 is 0. The van der Waals surface area contributed by atoms with Gasteiger partial charge in [0.1, 0.15) is 0 Å². The predicted molar refractivity (Wildman–Crippen MR) is 45.6 cm³/mol. The molecule has 1 aromatic carbocycles. The number of rotatable bonds is 0. The van der Waals surface area contributed by atoms with Crippen LogP contribution in [0.15, 0.2) is 23.2 Å². The summed E-state index contributed by atoms with van der Waals surface area (Å²) in [6.45, 7) is 2.02. The summed E-state index contributed by atoms with van der Waals surface area (Å²) in [4.78, 5) is 3.90. The van der Waals surface area contributed by atoms with Crippen LogP contribution in [0.1, 0.15) is 16.7 Å². The summed E-state index contributed by atoms with van der Waals surface area (Å²) in [6.07, 6.45) is 1.73. The predicted octanol–water partition coefficient (Wildman–Crippen LogP) is 1.75. The van der Waals surface area contributed by atoms with Crippen molar-refractivity contribution in [3.8, 4) is 0 Å². The summed E-state index contributed by atoms with van der Waals surface area (Å²) in [7, 11) is 0. The van der Waals surface area contributed by atoms with E-state index in [4.69, 9.17) is 5.41 Å². The number of hydrogen-bond acceptors (Lipinski definition) is 1. The molecule has 2 heteroatoms. The molecule has 54 valence electrons. The van der Waals surface area contributed by atoms with E-state index >= 15 is 0 Å². The highest BCUT2D eigenvalue weighted by Gasteiger charge is 2.10. The molecular formula is C9H8N2. The third kappa shape index (κ3) is 0.871. The van der Waals surface area contributed by atoms with Crippen molar-refractivity contribution in [3.63, 3.8) is 0 Å². The van der Waals surface area contributed by atoms with E-state index in [9.17, 15) is 0 Å². The van der Waals surface area contributed by atoms with Crippen LogP contribution >= 0.6 is 0 Å². The lowest BCUT2D eigenvalue weighted by Gasteiger charge is -1.97. The maximum absolute atomic E-state index is 7.43. The third-order valence-corrected chi connectivity index (χ3v) is 1.80. The van der Waals surface area contributed by atoms with Crippen molar-refractivity contribution in [3.05, 3.63) is 34.9 Å². The van der Waals surface area contributed by atoms with Gasteiger partial charge in [-0.15, -0.1) is 0 Å². The lowest BCUT2D eigenvalue weighted by molar-refractivity contribution is 1.41. The number of nitrogens with one attached hydrogen (secondary N) is 1. The fourth-order valence-electron chi connectivity index (χ4n) is 1.19. The highest BCUT2D eigenvalue weighted by atomic mass is 14.8. The Hall–Kier alpha value is -1.44. The van der Waals surface area contributed by atoms with E-state index in [-0.39, 0.29) is 0 Å². The molecule has 1 aliphatic rings. The Balaban J connectivity index is 2.67. The van der Waals surface area contributed by atoms with E-state index in [0.29, 0.717) is 5.84 Å². The number of aliphatic imine (C=N–C) groups is 1. The van der Waals surface area contributed by atoms with Crippen molar-refractivity contribution in [2.45, 2.75) is 6.92 Å². The Kier molecular flexibility index (Phi) is 1.15. The Morgan fingerprint density at radius 1 is 1.36 bits per heavy atom. The van der Waals surface area contributed by atoms with Crippen LogP contribution in [0, 0.1) is 12.3 Å². The number of hydrogen-bond donors (Lipinski definition) is 1.